The van der Waals surface area contributed by atoms with Gasteiger partial charge in [-0.05, 0) is 42.5 Å². The number of rotatable bonds is 6. The Bertz CT molecular complexity index is 521. The van der Waals surface area contributed by atoms with Gasteiger partial charge in [0.25, 0.3) is 0 Å². The zero-order chi connectivity index (χ0) is 14.0. The third kappa shape index (κ3) is 2.66. The molecule has 0 bridgehead atoms. The van der Waals surface area contributed by atoms with E-state index in [2.05, 4.69) is 11.1 Å². The van der Waals surface area contributed by atoms with Gasteiger partial charge in [-0.15, -0.1) is 0 Å². The molecule has 1 aliphatic heterocycles. The first kappa shape index (κ1) is 13.4. The first-order chi connectivity index (χ1) is 9.76. The first-order valence-electron chi connectivity index (χ1n) is 7.14. The summed E-state index contributed by atoms with van der Waals surface area (Å²) in [5.74, 6) is 1.60. The van der Waals surface area contributed by atoms with Crippen LogP contribution in [-0.4, -0.2) is 39.2 Å². The summed E-state index contributed by atoms with van der Waals surface area (Å²) in [7, 11) is 3.37. The van der Waals surface area contributed by atoms with E-state index in [1.807, 2.05) is 12.3 Å². The van der Waals surface area contributed by atoms with E-state index in [0.29, 0.717) is 13.2 Å². The number of methoxy groups -OCH3 is 2. The van der Waals surface area contributed by atoms with Crippen LogP contribution in [-0.2, 0) is 11.2 Å². The maximum absolute atomic E-state index is 5.84. The third-order valence-corrected chi connectivity index (χ3v) is 4.00. The van der Waals surface area contributed by atoms with Gasteiger partial charge >= 0.3 is 0 Å². The zero-order valence-corrected chi connectivity index (χ0v) is 12.1. The second kappa shape index (κ2) is 5.44. The van der Waals surface area contributed by atoms with Crippen molar-refractivity contribution < 1.29 is 14.2 Å². The molecular weight excluding hydrogens is 254 g/mol. The predicted octanol–water partition coefficient (Wildman–Crippen LogP) is 2.62. The van der Waals surface area contributed by atoms with Crippen LogP contribution in [0.5, 0.6) is 11.5 Å². The fourth-order valence-electron chi connectivity index (χ4n) is 2.61. The highest BCUT2D eigenvalue weighted by atomic mass is 16.5. The molecule has 0 saturated heterocycles. The minimum absolute atomic E-state index is 0.203. The molecule has 3 rings (SSSR count). The molecule has 0 N–H and O–H groups in total. The van der Waals surface area contributed by atoms with Gasteiger partial charge in [0.2, 0.25) is 0 Å². The van der Waals surface area contributed by atoms with E-state index in [-0.39, 0.29) is 5.54 Å². The van der Waals surface area contributed by atoms with E-state index < -0.39 is 0 Å². The van der Waals surface area contributed by atoms with Gasteiger partial charge in [-0.1, -0.05) is 0 Å². The van der Waals surface area contributed by atoms with Crippen LogP contribution in [0.25, 0.3) is 0 Å². The maximum Gasteiger partial charge on any atom is 0.161 e. The third-order valence-electron chi connectivity index (χ3n) is 4.00. The average Bonchev–Trinajstić information content (AvgIpc) is 3.22. The summed E-state index contributed by atoms with van der Waals surface area (Å²) < 4.78 is 16.3. The van der Waals surface area contributed by atoms with Gasteiger partial charge in [0, 0.05) is 26.4 Å². The molecule has 1 spiro atoms. The lowest BCUT2D eigenvalue weighted by Crippen LogP contribution is -2.16. The number of aliphatic imine (C=N–C) groups is 1. The van der Waals surface area contributed by atoms with Crippen LogP contribution in [0, 0.1) is 0 Å². The zero-order valence-electron chi connectivity index (χ0n) is 12.1. The summed E-state index contributed by atoms with van der Waals surface area (Å²) in [6.07, 6.45) is 6.31. The van der Waals surface area contributed by atoms with E-state index in [1.54, 1.807) is 14.2 Å². The van der Waals surface area contributed by atoms with Crippen molar-refractivity contribution in [2.45, 2.75) is 31.2 Å². The summed E-state index contributed by atoms with van der Waals surface area (Å²) in [6, 6.07) is 4.14. The predicted molar refractivity (Wildman–Crippen MR) is 78.2 cm³/mol. The average molecular weight is 275 g/mol. The molecule has 4 nitrogen and oxygen atoms in total. The first-order valence-corrected chi connectivity index (χ1v) is 7.14. The van der Waals surface area contributed by atoms with Crippen LogP contribution in [0.4, 0.5) is 0 Å². The molecule has 0 aromatic heterocycles. The number of fused-ring (bicyclic) bond motifs is 1. The van der Waals surface area contributed by atoms with Crippen molar-refractivity contribution in [2.75, 3.05) is 27.4 Å². The Kier molecular flexibility index (Phi) is 3.66. The van der Waals surface area contributed by atoms with E-state index >= 15 is 0 Å². The van der Waals surface area contributed by atoms with Gasteiger partial charge in [0.15, 0.2) is 11.5 Å². The van der Waals surface area contributed by atoms with Crippen molar-refractivity contribution in [3.05, 3.63) is 23.3 Å². The lowest BCUT2D eigenvalue weighted by Gasteiger charge is -2.20. The molecule has 1 fully saturated rings. The second-order valence-electron chi connectivity index (χ2n) is 5.56. The molecule has 0 amide bonds. The van der Waals surface area contributed by atoms with E-state index in [1.165, 1.54) is 18.4 Å². The van der Waals surface area contributed by atoms with E-state index in [9.17, 15) is 0 Å². The fraction of sp³-hybridized carbons (Fsp3) is 0.562. The Labute approximate surface area is 119 Å². The van der Waals surface area contributed by atoms with Crippen molar-refractivity contribution in [2.24, 2.45) is 4.99 Å². The summed E-state index contributed by atoms with van der Waals surface area (Å²) in [5.41, 5.74) is 2.68. The topological polar surface area (TPSA) is 40.0 Å². The Balaban J connectivity index is 1.77. The van der Waals surface area contributed by atoms with Crippen molar-refractivity contribution in [3.8, 4) is 11.5 Å². The fourth-order valence-corrected chi connectivity index (χ4v) is 2.61. The van der Waals surface area contributed by atoms with Gasteiger partial charge in [-0.3, -0.25) is 4.99 Å². The number of nitrogens with zero attached hydrogens (tertiary/aromatic N) is 1. The smallest absolute Gasteiger partial charge is 0.161 e. The Morgan fingerprint density at radius 3 is 2.70 bits per heavy atom. The molecule has 20 heavy (non-hydrogen) atoms. The van der Waals surface area contributed by atoms with Gasteiger partial charge in [-0.25, -0.2) is 0 Å². The van der Waals surface area contributed by atoms with Crippen LogP contribution in [0.1, 0.15) is 30.4 Å². The van der Waals surface area contributed by atoms with Gasteiger partial charge in [0.1, 0.15) is 0 Å². The lowest BCUT2D eigenvalue weighted by molar-refractivity contribution is 0.170. The van der Waals surface area contributed by atoms with Crippen molar-refractivity contribution in [3.63, 3.8) is 0 Å². The molecule has 1 aromatic carbocycles. The number of hydrogen-bond acceptors (Lipinski definition) is 4. The van der Waals surface area contributed by atoms with Crippen molar-refractivity contribution >= 4 is 6.21 Å². The highest BCUT2D eigenvalue weighted by Crippen LogP contribution is 2.46. The molecule has 0 unspecified atom stereocenters. The van der Waals surface area contributed by atoms with Gasteiger partial charge in [-0.2, -0.15) is 0 Å². The molecule has 0 radical (unpaired) electrons. The standard InChI is InChI=1S/C16H21NO3/c1-18-6-3-7-20-15-8-12-10-16(4-5-16)17-11-13(12)9-14(15)19-2/h8-9,11H,3-7,10H2,1-2H3. The lowest BCUT2D eigenvalue weighted by atomic mass is 9.96. The normalized spacial score (nSPS) is 17.9. The number of hydrogen-bond donors (Lipinski definition) is 0. The number of benzene rings is 1. The largest absolute Gasteiger partial charge is 0.493 e. The molecule has 4 heteroatoms. The van der Waals surface area contributed by atoms with Crippen LogP contribution in [0.2, 0.25) is 0 Å². The van der Waals surface area contributed by atoms with Crippen molar-refractivity contribution in [1.29, 1.82) is 0 Å². The van der Waals surface area contributed by atoms with Crippen LogP contribution >= 0.6 is 0 Å². The van der Waals surface area contributed by atoms with Gasteiger partial charge in [0.05, 0.1) is 19.3 Å². The monoisotopic (exact) mass is 275 g/mol. The Morgan fingerprint density at radius 2 is 2.00 bits per heavy atom. The Morgan fingerprint density at radius 1 is 1.15 bits per heavy atom. The molecule has 108 valence electrons. The van der Waals surface area contributed by atoms with Crippen LogP contribution in [0.3, 0.4) is 0 Å². The second-order valence-corrected chi connectivity index (χ2v) is 5.56. The van der Waals surface area contributed by atoms with E-state index in [0.717, 1.165) is 29.9 Å². The molecule has 1 aliphatic carbocycles. The summed E-state index contributed by atoms with van der Waals surface area (Å²) >= 11 is 0. The molecule has 1 saturated carbocycles. The molecule has 0 atom stereocenters. The Hall–Kier alpha value is -1.55. The quantitative estimate of drug-likeness (QED) is 0.749. The summed E-state index contributed by atoms with van der Waals surface area (Å²) in [5, 5.41) is 0. The summed E-state index contributed by atoms with van der Waals surface area (Å²) in [6.45, 7) is 1.35. The maximum atomic E-state index is 5.84. The minimum Gasteiger partial charge on any atom is -0.493 e. The van der Waals surface area contributed by atoms with Gasteiger partial charge < -0.3 is 14.2 Å². The molecule has 2 aliphatic rings. The summed E-state index contributed by atoms with van der Waals surface area (Å²) in [4.78, 5) is 4.67. The highest BCUT2D eigenvalue weighted by molar-refractivity contribution is 5.85. The SMILES string of the molecule is COCCCOc1cc2c(cc1OC)C=NC1(CC1)C2. The molecule has 1 aromatic rings. The molecular formula is C16H21NO3. The highest BCUT2D eigenvalue weighted by Gasteiger charge is 2.44. The molecule has 1 heterocycles. The van der Waals surface area contributed by atoms with Crippen molar-refractivity contribution in [1.82, 2.24) is 0 Å². The van der Waals surface area contributed by atoms with E-state index in [4.69, 9.17) is 14.2 Å². The number of ether oxygens (including phenoxy) is 3. The van der Waals surface area contributed by atoms with Crippen LogP contribution < -0.4 is 9.47 Å². The van der Waals surface area contributed by atoms with Crippen LogP contribution in [0.15, 0.2) is 17.1 Å². The minimum atomic E-state index is 0.203.